The van der Waals surface area contributed by atoms with E-state index in [4.69, 9.17) is 16.3 Å². The van der Waals surface area contributed by atoms with Gasteiger partial charge in [-0.15, -0.1) is 0 Å². The summed E-state index contributed by atoms with van der Waals surface area (Å²) >= 11 is 6.25. The molecule has 1 atom stereocenters. The fraction of sp³-hybridized carbons (Fsp3) is 0.318. The molecule has 1 N–H and O–H groups in total. The second-order valence-corrected chi connectivity index (χ2v) is 7.57. The summed E-state index contributed by atoms with van der Waals surface area (Å²) in [5.74, 6) is -1.18. The highest BCUT2D eigenvalue weighted by Gasteiger charge is 2.46. The Labute approximate surface area is 180 Å². The van der Waals surface area contributed by atoms with Gasteiger partial charge >= 0.3 is 0 Å². The Kier molecular flexibility index (Phi) is 6.74. The number of nitrogens with zero attached hydrogens (tertiary/aromatic N) is 3. The molecule has 1 unspecified atom stereocenters. The predicted octanol–water partition coefficient (Wildman–Crippen LogP) is 3.12. The number of Topliss-reactive ketones (excluding diaryl/α,β-unsaturated/α-hetero) is 1. The predicted molar refractivity (Wildman–Crippen MR) is 114 cm³/mol. The van der Waals surface area contributed by atoms with Crippen LogP contribution in [0.1, 0.15) is 24.1 Å². The van der Waals surface area contributed by atoms with Crippen molar-refractivity contribution in [2.24, 2.45) is 0 Å². The zero-order valence-corrected chi connectivity index (χ0v) is 17.9. The van der Waals surface area contributed by atoms with E-state index >= 15 is 0 Å². The van der Waals surface area contributed by atoms with Gasteiger partial charge in [0.15, 0.2) is 0 Å². The van der Waals surface area contributed by atoms with Crippen LogP contribution >= 0.6 is 11.6 Å². The molecule has 1 aromatic carbocycles. The van der Waals surface area contributed by atoms with Gasteiger partial charge in [0.05, 0.1) is 23.2 Å². The fourth-order valence-corrected chi connectivity index (χ4v) is 3.61. The lowest BCUT2D eigenvalue weighted by Crippen LogP contribution is -2.35. The van der Waals surface area contributed by atoms with Crippen molar-refractivity contribution in [1.82, 2.24) is 14.8 Å². The zero-order valence-electron chi connectivity index (χ0n) is 17.1. The molecule has 7 nitrogen and oxygen atoms in total. The van der Waals surface area contributed by atoms with E-state index in [0.717, 1.165) is 0 Å². The molecular weight excluding hydrogens is 406 g/mol. The molecule has 1 amide bonds. The highest BCUT2D eigenvalue weighted by molar-refractivity contribution is 6.46. The molecule has 1 aliphatic heterocycles. The van der Waals surface area contributed by atoms with Gasteiger partial charge in [-0.1, -0.05) is 17.7 Å². The van der Waals surface area contributed by atoms with Gasteiger partial charge in [0, 0.05) is 31.0 Å². The van der Waals surface area contributed by atoms with Gasteiger partial charge in [-0.05, 0) is 50.8 Å². The number of ketones is 1. The number of hydrogen-bond donors (Lipinski definition) is 1. The maximum absolute atomic E-state index is 12.9. The maximum atomic E-state index is 12.9. The molecule has 0 saturated carbocycles. The van der Waals surface area contributed by atoms with Crippen LogP contribution in [0.4, 0.5) is 0 Å². The number of ether oxygens (including phenoxy) is 1. The minimum atomic E-state index is -0.732. The van der Waals surface area contributed by atoms with Gasteiger partial charge in [0.2, 0.25) is 0 Å². The number of aromatic nitrogens is 1. The quantitative estimate of drug-likeness (QED) is 0.413. The molecule has 0 aliphatic carbocycles. The van der Waals surface area contributed by atoms with Crippen LogP contribution in [-0.2, 0) is 9.59 Å². The lowest BCUT2D eigenvalue weighted by molar-refractivity contribution is -0.140. The summed E-state index contributed by atoms with van der Waals surface area (Å²) in [6.07, 6.45) is 3.21. The number of carbonyl (C=O) groups excluding carboxylic acids is 2. The highest BCUT2D eigenvalue weighted by atomic mass is 35.5. The van der Waals surface area contributed by atoms with Crippen molar-refractivity contribution < 1.29 is 19.4 Å². The maximum Gasteiger partial charge on any atom is 0.295 e. The summed E-state index contributed by atoms with van der Waals surface area (Å²) in [6, 6.07) is 7.54. The van der Waals surface area contributed by atoms with Crippen molar-refractivity contribution >= 4 is 29.1 Å². The smallest absolute Gasteiger partial charge is 0.295 e. The zero-order chi connectivity index (χ0) is 21.8. The first kappa shape index (κ1) is 21.8. The molecule has 1 fully saturated rings. The van der Waals surface area contributed by atoms with E-state index in [1.54, 1.807) is 36.7 Å². The lowest BCUT2D eigenvalue weighted by Gasteiger charge is -2.26. The molecule has 2 aromatic rings. The summed E-state index contributed by atoms with van der Waals surface area (Å²) in [5, 5.41) is 11.3. The molecule has 158 valence electrons. The fourth-order valence-electron chi connectivity index (χ4n) is 3.38. The van der Waals surface area contributed by atoms with Crippen molar-refractivity contribution in [1.29, 1.82) is 0 Å². The Bertz CT molecular complexity index is 976. The van der Waals surface area contributed by atoms with Crippen LogP contribution in [0.3, 0.4) is 0 Å². The number of rotatable bonds is 7. The van der Waals surface area contributed by atoms with Crippen LogP contribution in [0.15, 0.2) is 48.3 Å². The second-order valence-electron chi connectivity index (χ2n) is 7.16. The Morgan fingerprint density at radius 2 is 2.07 bits per heavy atom. The Morgan fingerprint density at radius 1 is 1.30 bits per heavy atom. The van der Waals surface area contributed by atoms with Gasteiger partial charge in [-0.2, -0.15) is 0 Å². The van der Waals surface area contributed by atoms with Gasteiger partial charge in [0.25, 0.3) is 11.7 Å². The third-order valence-corrected chi connectivity index (χ3v) is 5.13. The molecule has 1 saturated heterocycles. The van der Waals surface area contributed by atoms with Crippen molar-refractivity contribution in [3.63, 3.8) is 0 Å². The average molecular weight is 430 g/mol. The van der Waals surface area contributed by atoms with E-state index in [-0.39, 0.29) is 11.3 Å². The largest absolute Gasteiger partial charge is 0.507 e. The lowest BCUT2D eigenvalue weighted by atomic mass is 9.96. The molecular formula is C22H24ClN3O4. The van der Waals surface area contributed by atoms with Gasteiger partial charge in [-0.3, -0.25) is 14.6 Å². The van der Waals surface area contributed by atoms with Crippen molar-refractivity contribution in [3.05, 3.63) is 64.4 Å². The van der Waals surface area contributed by atoms with E-state index in [9.17, 15) is 14.7 Å². The number of likely N-dealkylation sites (tertiary alicyclic amines) is 1. The van der Waals surface area contributed by atoms with Crippen LogP contribution in [0, 0.1) is 0 Å². The normalized spacial score (nSPS) is 18.3. The van der Waals surface area contributed by atoms with Crippen LogP contribution in [-0.4, -0.2) is 65.4 Å². The van der Waals surface area contributed by atoms with Crippen LogP contribution in [0.25, 0.3) is 5.76 Å². The Morgan fingerprint density at radius 3 is 2.67 bits per heavy atom. The van der Waals surface area contributed by atoms with E-state index in [2.05, 4.69) is 4.98 Å². The second kappa shape index (κ2) is 9.28. The first-order chi connectivity index (χ1) is 14.3. The van der Waals surface area contributed by atoms with Gasteiger partial charge in [0.1, 0.15) is 11.5 Å². The Balaban J connectivity index is 2.10. The summed E-state index contributed by atoms with van der Waals surface area (Å²) in [4.78, 5) is 33.2. The molecule has 0 bridgehead atoms. The number of halogens is 1. The number of pyridine rings is 1. The van der Waals surface area contributed by atoms with Crippen molar-refractivity contribution in [2.75, 3.05) is 33.8 Å². The molecule has 1 aromatic heterocycles. The molecule has 3 rings (SSSR count). The number of amides is 1. The molecule has 0 spiro atoms. The van der Waals surface area contributed by atoms with Gasteiger partial charge in [-0.25, -0.2) is 0 Å². The number of likely N-dealkylation sites (N-methyl/N-ethyl adjacent to an activating group) is 1. The molecule has 2 heterocycles. The van der Waals surface area contributed by atoms with Crippen LogP contribution in [0.2, 0.25) is 5.02 Å². The highest BCUT2D eigenvalue weighted by Crippen LogP contribution is 2.39. The number of carbonyl (C=O) groups is 2. The standard InChI is InChI=1S/C22H24ClN3O4/c1-4-30-17-8-7-14(12-16(17)23)20(27)18-19(15-6-5-9-24-13-15)26(11-10-25(2)3)22(29)21(18)28/h5-9,12-13,19,27H,4,10-11H2,1-3H3/b20-18-. The monoisotopic (exact) mass is 429 g/mol. The van der Waals surface area contributed by atoms with Crippen molar-refractivity contribution in [2.45, 2.75) is 13.0 Å². The molecule has 30 heavy (non-hydrogen) atoms. The van der Waals surface area contributed by atoms with Gasteiger partial charge < -0.3 is 19.6 Å². The number of aliphatic hydroxyl groups excluding tert-OH is 1. The topological polar surface area (TPSA) is 83.0 Å². The summed E-state index contributed by atoms with van der Waals surface area (Å²) in [7, 11) is 3.77. The van der Waals surface area contributed by atoms with Crippen molar-refractivity contribution in [3.8, 4) is 5.75 Å². The van der Waals surface area contributed by atoms with E-state index < -0.39 is 17.7 Å². The third-order valence-electron chi connectivity index (χ3n) is 4.83. The molecule has 8 heteroatoms. The SMILES string of the molecule is CCOc1ccc(/C(O)=C2/C(=O)C(=O)N(CCN(C)C)C2c2cccnc2)cc1Cl. The minimum absolute atomic E-state index is 0.0204. The van der Waals surface area contributed by atoms with E-state index in [0.29, 0.717) is 41.6 Å². The molecule has 1 aliphatic rings. The van der Waals surface area contributed by atoms with E-state index in [1.807, 2.05) is 25.9 Å². The van der Waals surface area contributed by atoms with Crippen LogP contribution in [0.5, 0.6) is 5.75 Å². The average Bonchev–Trinajstić information content (AvgIpc) is 2.98. The summed E-state index contributed by atoms with van der Waals surface area (Å²) in [5.41, 5.74) is 1.00. The van der Waals surface area contributed by atoms with E-state index in [1.165, 1.54) is 11.0 Å². The Hall–Kier alpha value is -2.90. The minimum Gasteiger partial charge on any atom is -0.507 e. The third kappa shape index (κ3) is 4.32. The molecule has 0 radical (unpaired) electrons. The van der Waals surface area contributed by atoms with Crippen LogP contribution < -0.4 is 4.74 Å². The number of hydrogen-bond acceptors (Lipinski definition) is 6. The first-order valence-corrected chi connectivity index (χ1v) is 9.98. The number of benzene rings is 1. The summed E-state index contributed by atoms with van der Waals surface area (Å²) in [6.45, 7) is 3.19. The summed E-state index contributed by atoms with van der Waals surface area (Å²) < 4.78 is 5.43. The number of aliphatic hydroxyl groups is 1. The first-order valence-electron chi connectivity index (χ1n) is 9.61.